The van der Waals surface area contributed by atoms with Crippen LogP contribution in [0.1, 0.15) is 63.4 Å². The number of hydrazine groups is 1. The van der Waals surface area contributed by atoms with Crippen LogP contribution < -0.4 is 15.5 Å². The largest absolute Gasteiger partial charge is 0.457 e. The third-order valence-corrected chi connectivity index (χ3v) is 5.77. The van der Waals surface area contributed by atoms with Gasteiger partial charge in [-0.2, -0.15) is 9.99 Å². The minimum atomic E-state index is -0.972. The number of ether oxygens (including phenoxy) is 2. The maximum Gasteiger partial charge on any atom is 0.432 e. The number of nitrogens with zero attached hydrogens (tertiary/aromatic N) is 4. The van der Waals surface area contributed by atoms with E-state index in [1.54, 1.807) is 39.0 Å². The third-order valence-electron chi connectivity index (χ3n) is 5.77. The Morgan fingerprint density at radius 2 is 1.80 bits per heavy atom. The molecule has 1 aliphatic rings. The van der Waals surface area contributed by atoms with Crippen LogP contribution in [-0.2, 0) is 4.74 Å². The highest BCUT2D eigenvalue weighted by Crippen LogP contribution is 2.31. The van der Waals surface area contributed by atoms with Crippen LogP contribution in [-0.4, -0.2) is 45.7 Å². The van der Waals surface area contributed by atoms with Crippen LogP contribution in [0.25, 0.3) is 11.1 Å². The molecule has 0 atom stereocenters. The number of anilines is 1. The number of fused-ring (bicyclic) bond motifs is 1. The van der Waals surface area contributed by atoms with Crippen molar-refractivity contribution in [3.05, 3.63) is 42.2 Å². The van der Waals surface area contributed by atoms with Gasteiger partial charge in [0.05, 0.1) is 0 Å². The van der Waals surface area contributed by atoms with Gasteiger partial charge in [-0.1, -0.05) is 19.3 Å². The summed E-state index contributed by atoms with van der Waals surface area (Å²) in [5.41, 5.74) is 0.478. The minimum absolute atomic E-state index is 0.0620. The second-order valence-electron chi connectivity index (χ2n) is 9.66. The lowest BCUT2D eigenvalue weighted by Crippen LogP contribution is -2.45. The molecule has 35 heavy (non-hydrogen) atoms. The van der Waals surface area contributed by atoms with Crippen molar-refractivity contribution in [2.45, 2.75) is 64.5 Å². The van der Waals surface area contributed by atoms with E-state index < -0.39 is 17.6 Å². The van der Waals surface area contributed by atoms with E-state index in [2.05, 4.69) is 14.9 Å². The first-order chi connectivity index (χ1) is 16.6. The zero-order valence-corrected chi connectivity index (χ0v) is 20.5. The molecule has 10 heteroatoms. The van der Waals surface area contributed by atoms with Crippen LogP contribution in [0, 0.1) is 0 Å². The van der Waals surface area contributed by atoms with Gasteiger partial charge in [-0.25, -0.2) is 10.6 Å². The Balaban J connectivity index is 1.47. The normalized spacial score (nSPS) is 14.5. The molecule has 2 aromatic heterocycles. The van der Waals surface area contributed by atoms with Crippen LogP contribution in [0.5, 0.6) is 11.5 Å². The Morgan fingerprint density at radius 3 is 2.51 bits per heavy atom. The third kappa shape index (κ3) is 5.89. The average Bonchev–Trinajstić information content (AvgIpc) is 3.25. The summed E-state index contributed by atoms with van der Waals surface area (Å²) in [5.74, 6) is 5.68. The van der Waals surface area contributed by atoms with Crippen LogP contribution in [0.2, 0.25) is 0 Å². The second-order valence-corrected chi connectivity index (χ2v) is 9.66. The molecule has 0 radical (unpaired) electrons. The Kier molecular flexibility index (Phi) is 6.93. The first kappa shape index (κ1) is 24.5. The fraction of sp³-hybridized carbons (Fsp3) is 0.440. The lowest BCUT2D eigenvalue weighted by Gasteiger charge is -2.29. The fourth-order valence-corrected chi connectivity index (χ4v) is 3.98. The lowest BCUT2D eigenvalue weighted by molar-refractivity contribution is 0.0237. The Bertz CT molecular complexity index is 1210. The van der Waals surface area contributed by atoms with Gasteiger partial charge in [0.2, 0.25) is 0 Å². The molecule has 1 aliphatic carbocycles. The number of oxazole rings is 1. The molecule has 10 nitrogen and oxygen atoms in total. The molecule has 0 spiro atoms. The molecule has 0 bridgehead atoms. The summed E-state index contributed by atoms with van der Waals surface area (Å²) in [6.07, 6.45) is 6.44. The van der Waals surface area contributed by atoms with E-state index in [-0.39, 0.29) is 5.69 Å². The van der Waals surface area contributed by atoms with Crippen molar-refractivity contribution in [2.75, 3.05) is 11.9 Å². The number of carbonyl (C=O) groups is 2. The standard InChI is InChI=1S/C25H31N5O5/c1-25(2,3)35-24(32)30(26)22(31)20-14-18(12-13-27-20)33-17-10-11-19-21(15-17)34-23(28-19)29(4)16-8-6-5-7-9-16/h10-16H,5-9,26H2,1-4H3. The highest BCUT2D eigenvalue weighted by Gasteiger charge is 2.27. The zero-order valence-electron chi connectivity index (χ0n) is 20.5. The van der Waals surface area contributed by atoms with Gasteiger partial charge < -0.3 is 18.8 Å². The van der Waals surface area contributed by atoms with Gasteiger partial charge in [0, 0.05) is 31.4 Å². The van der Waals surface area contributed by atoms with Crippen molar-refractivity contribution in [1.82, 2.24) is 15.0 Å². The van der Waals surface area contributed by atoms with E-state index in [1.165, 1.54) is 31.5 Å². The quantitative estimate of drug-likeness (QED) is 0.303. The smallest absolute Gasteiger partial charge is 0.432 e. The number of aromatic nitrogens is 2. The van der Waals surface area contributed by atoms with Crippen LogP contribution in [0.3, 0.4) is 0 Å². The molecular formula is C25H31N5O5. The molecule has 186 valence electrons. The van der Waals surface area contributed by atoms with Gasteiger partial charge in [-0.15, -0.1) is 0 Å². The van der Waals surface area contributed by atoms with E-state index in [0.717, 1.165) is 18.4 Å². The summed E-state index contributed by atoms with van der Waals surface area (Å²) in [7, 11) is 2.02. The maximum absolute atomic E-state index is 12.6. The second kappa shape index (κ2) is 9.91. The molecule has 0 unspecified atom stereocenters. The SMILES string of the molecule is CN(c1nc2ccc(Oc3ccnc(C(=O)N(N)C(=O)OC(C)(C)C)c3)cc2o1)C1CCCCC1. The molecular weight excluding hydrogens is 450 g/mol. The fourth-order valence-electron chi connectivity index (χ4n) is 3.98. The first-order valence-electron chi connectivity index (χ1n) is 11.7. The molecule has 2 amide bonds. The molecule has 1 saturated carbocycles. The molecule has 1 aromatic carbocycles. The van der Waals surface area contributed by atoms with E-state index in [4.69, 9.17) is 19.7 Å². The van der Waals surface area contributed by atoms with Gasteiger partial charge in [0.15, 0.2) is 5.58 Å². The molecule has 4 rings (SSSR count). The van der Waals surface area contributed by atoms with Crippen molar-refractivity contribution in [2.24, 2.45) is 5.84 Å². The van der Waals surface area contributed by atoms with Crippen molar-refractivity contribution in [3.63, 3.8) is 0 Å². The summed E-state index contributed by atoms with van der Waals surface area (Å²) in [5, 5.41) is 0.391. The topological polar surface area (TPSA) is 124 Å². The van der Waals surface area contributed by atoms with Gasteiger partial charge in [-0.3, -0.25) is 9.78 Å². The monoisotopic (exact) mass is 481 g/mol. The van der Waals surface area contributed by atoms with E-state index >= 15 is 0 Å². The highest BCUT2D eigenvalue weighted by atomic mass is 16.6. The van der Waals surface area contributed by atoms with Gasteiger partial charge in [-0.05, 0) is 51.8 Å². The number of rotatable bonds is 5. The minimum Gasteiger partial charge on any atom is -0.457 e. The number of hydrogen-bond donors (Lipinski definition) is 1. The molecule has 3 aromatic rings. The van der Waals surface area contributed by atoms with Gasteiger partial charge in [0.25, 0.3) is 11.9 Å². The Labute approximate surface area is 204 Å². The number of nitrogens with two attached hydrogens (primary N) is 1. The zero-order chi connectivity index (χ0) is 25.2. The molecule has 0 saturated heterocycles. The highest BCUT2D eigenvalue weighted by molar-refractivity contribution is 6.01. The predicted molar refractivity (Wildman–Crippen MR) is 130 cm³/mol. The first-order valence-corrected chi connectivity index (χ1v) is 11.7. The van der Waals surface area contributed by atoms with Crippen molar-refractivity contribution >= 4 is 29.1 Å². The van der Waals surface area contributed by atoms with E-state index in [0.29, 0.717) is 34.1 Å². The lowest BCUT2D eigenvalue weighted by atomic mass is 9.95. The van der Waals surface area contributed by atoms with E-state index in [1.807, 2.05) is 13.1 Å². The van der Waals surface area contributed by atoms with Crippen molar-refractivity contribution in [3.8, 4) is 11.5 Å². The van der Waals surface area contributed by atoms with Crippen LogP contribution >= 0.6 is 0 Å². The average molecular weight is 482 g/mol. The summed E-state index contributed by atoms with van der Waals surface area (Å²) in [6.45, 7) is 5.04. The number of carbonyl (C=O) groups excluding carboxylic acids is 2. The van der Waals surface area contributed by atoms with Crippen LogP contribution in [0.15, 0.2) is 40.9 Å². The summed E-state index contributed by atoms with van der Waals surface area (Å²) in [6, 6.07) is 9.36. The number of hydrogen-bond acceptors (Lipinski definition) is 9. The van der Waals surface area contributed by atoms with Gasteiger partial charge in [0.1, 0.15) is 28.3 Å². The Morgan fingerprint density at radius 1 is 1.09 bits per heavy atom. The summed E-state index contributed by atoms with van der Waals surface area (Å²) in [4.78, 5) is 35.4. The van der Waals surface area contributed by atoms with E-state index in [9.17, 15) is 9.59 Å². The number of amides is 2. The molecule has 1 fully saturated rings. The number of pyridine rings is 1. The molecule has 0 aliphatic heterocycles. The van der Waals surface area contributed by atoms with Crippen molar-refractivity contribution in [1.29, 1.82) is 0 Å². The van der Waals surface area contributed by atoms with Crippen molar-refractivity contribution < 1.29 is 23.5 Å². The van der Waals surface area contributed by atoms with Gasteiger partial charge >= 0.3 is 6.09 Å². The summed E-state index contributed by atoms with van der Waals surface area (Å²) >= 11 is 0. The number of imide groups is 1. The summed E-state index contributed by atoms with van der Waals surface area (Å²) < 4.78 is 17.1. The molecule has 2 N–H and O–H groups in total. The predicted octanol–water partition coefficient (Wildman–Crippen LogP) is 5.04. The van der Waals surface area contributed by atoms with Crippen LogP contribution in [0.4, 0.5) is 10.8 Å². The molecule has 2 heterocycles. The maximum atomic E-state index is 12.6. The number of benzene rings is 1. The Hall–Kier alpha value is -3.66.